The van der Waals surface area contributed by atoms with Gasteiger partial charge in [-0.3, -0.25) is 10.1 Å². The van der Waals surface area contributed by atoms with Gasteiger partial charge in [0.25, 0.3) is 5.69 Å². The minimum atomic E-state index is -3.70. The van der Waals surface area contributed by atoms with E-state index in [1.54, 1.807) is 0 Å². The highest BCUT2D eigenvalue weighted by Crippen LogP contribution is 2.27. The zero-order valence-electron chi connectivity index (χ0n) is 11.1. The third-order valence-corrected chi connectivity index (χ3v) is 5.52. The fourth-order valence-corrected chi connectivity index (χ4v) is 3.98. The van der Waals surface area contributed by atoms with Gasteiger partial charge >= 0.3 is 0 Å². The van der Waals surface area contributed by atoms with Crippen LogP contribution in [0.5, 0.6) is 0 Å². The van der Waals surface area contributed by atoms with Crippen molar-refractivity contribution in [2.75, 3.05) is 6.54 Å². The van der Waals surface area contributed by atoms with E-state index in [1.165, 1.54) is 28.6 Å². The number of hydrogen-bond acceptors (Lipinski definition) is 5. The van der Waals surface area contributed by atoms with Crippen LogP contribution < -0.4 is 5.73 Å². The van der Waals surface area contributed by atoms with Crippen molar-refractivity contribution in [3.8, 4) is 0 Å². The fraction of sp³-hybridized carbons (Fsp3) is 0.500. The van der Waals surface area contributed by atoms with E-state index in [2.05, 4.69) is 0 Å². The molecule has 2 rings (SSSR count). The summed E-state index contributed by atoms with van der Waals surface area (Å²) < 4.78 is 26.3. The highest BCUT2D eigenvalue weighted by Gasteiger charge is 2.35. The van der Waals surface area contributed by atoms with Gasteiger partial charge in [0, 0.05) is 18.7 Å². The molecule has 2 N–H and O–H groups in total. The van der Waals surface area contributed by atoms with Crippen LogP contribution in [-0.4, -0.2) is 30.4 Å². The van der Waals surface area contributed by atoms with Gasteiger partial charge in [0.1, 0.15) is 0 Å². The summed E-state index contributed by atoms with van der Waals surface area (Å²) in [5, 5.41) is 10.6. The second-order valence-corrected chi connectivity index (χ2v) is 6.87. The highest BCUT2D eigenvalue weighted by molar-refractivity contribution is 7.89. The molecule has 1 aromatic rings. The van der Waals surface area contributed by atoms with Crippen molar-refractivity contribution in [2.24, 2.45) is 11.7 Å². The number of piperidine rings is 1. The van der Waals surface area contributed by atoms with Crippen molar-refractivity contribution in [3.63, 3.8) is 0 Å². The summed E-state index contributed by atoms with van der Waals surface area (Å²) in [5.41, 5.74) is 5.82. The van der Waals surface area contributed by atoms with E-state index in [1.807, 2.05) is 6.92 Å². The van der Waals surface area contributed by atoms with E-state index < -0.39 is 21.1 Å². The Morgan fingerprint density at radius 3 is 2.50 bits per heavy atom. The first-order valence-corrected chi connectivity index (χ1v) is 7.80. The maximum absolute atomic E-state index is 12.5. The standard InChI is InChI=1S/C12H17N3O4S/c1-9-3-2-8-14(12(9)13)20(18,19)11-6-4-10(5-7-11)15(16)17/h4-7,9,12H,2-3,8,13H2,1H3. The molecule has 0 bridgehead atoms. The largest absolute Gasteiger partial charge is 0.315 e. The number of non-ortho nitro benzene ring substituents is 1. The molecular formula is C12H17N3O4S. The first-order chi connectivity index (χ1) is 9.34. The third kappa shape index (κ3) is 2.67. The van der Waals surface area contributed by atoms with Crippen molar-refractivity contribution in [2.45, 2.75) is 30.8 Å². The highest BCUT2D eigenvalue weighted by atomic mass is 32.2. The van der Waals surface area contributed by atoms with Crippen LogP contribution in [0.3, 0.4) is 0 Å². The summed E-state index contributed by atoms with van der Waals surface area (Å²) in [6.45, 7) is 2.30. The number of hydrogen-bond donors (Lipinski definition) is 1. The Kier molecular flexibility index (Phi) is 4.07. The molecule has 0 amide bonds. The van der Waals surface area contributed by atoms with E-state index in [4.69, 9.17) is 5.73 Å². The molecule has 1 heterocycles. The molecule has 1 aromatic carbocycles. The second-order valence-electron chi connectivity index (χ2n) is 4.98. The molecule has 0 saturated carbocycles. The molecule has 0 radical (unpaired) electrons. The topological polar surface area (TPSA) is 107 Å². The average molecular weight is 299 g/mol. The van der Waals surface area contributed by atoms with Crippen molar-refractivity contribution >= 4 is 15.7 Å². The minimum absolute atomic E-state index is 0.0349. The van der Waals surface area contributed by atoms with Crippen LogP contribution in [0.4, 0.5) is 5.69 Å². The lowest BCUT2D eigenvalue weighted by Crippen LogP contribution is -2.52. The van der Waals surface area contributed by atoms with E-state index in [9.17, 15) is 18.5 Å². The SMILES string of the molecule is CC1CCCN(S(=O)(=O)c2ccc([N+](=O)[O-])cc2)C1N. The smallest absolute Gasteiger partial charge is 0.269 e. The van der Waals surface area contributed by atoms with Crippen LogP contribution in [0.25, 0.3) is 0 Å². The number of nitrogens with two attached hydrogens (primary N) is 1. The van der Waals surface area contributed by atoms with Crippen molar-refractivity contribution < 1.29 is 13.3 Å². The third-order valence-electron chi connectivity index (χ3n) is 3.61. The van der Waals surface area contributed by atoms with Gasteiger partial charge in [-0.25, -0.2) is 8.42 Å². The molecule has 1 aliphatic rings. The van der Waals surface area contributed by atoms with E-state index in [0.29, 0.717) is 6.54 Å². The molecule has 2 atom stereocenters. The molecule has 0 aromatic heterocycles. The number of rotatable bonds is 3. The van der Waals surface area contributed by atoms with Gasteiger partial charge in [-0.1, -0.05) is 6.92 Å². The van der Waals surface area contributed by atoms with Gasteiger partial charge in [0.15, 0.2) is 0 Å². The average Bonchev–Trinajstić information content (AvgIpc) is 2.41. The van der Waals surface area contributed by atoms with Crippen LogP contribution in [0.15, 0.2) is 29.2 Å². The van der Waals surface area contributed by atoms with E-state index in [-0.39, 0.29) is 16.5 Å². The Balaban J connectivity index is 2.32. The Bertz CT molecular complexity index is 600. The Hall–Kier alpha value is -1.51. The number of nitrogens with zero attached hydrogens (tertiary/aromatic N) is 2. The predicted molar refractivity (Wildman–Crippen MR) is 73.4 cm³/mol. The van der Waals surface area contributed by atoms with Crippen molar-refractivity contribution in [3.05, 3.63) is 34.4 Å². The van der Waals surface area contributed by atoms with Gasteiger partial charge in [-0.2, -0.15) is 4.31 Å². The van der Waals surface area contributed by atoms with Gasteiger partial charge < -0.3 is 5.73 Å². The van der Waals surface area contributed by atoms with Crippen molar-refractivity contribution in [1.29, 1.82) is 0 Å². The second kappa shape index (κ2) is 5.47. The lowest BCUT2D eigenvalue weighted by molar-refractivity contribution is -0.384. The molecular weight excluding hydrogens is 282 g/mol. The van der Waals surface area contributed by atoms with Gasteiger partial charge in [-0.15, -0.1) is 0 Å². The predicted octanol–water partition coefficient (Wildman–Crippen LogP) is 1.30. The summed E-state index contributed by atoms with van der Waals surface area (Å²) in [5.74, 6) is 0.0940. The van der Waals surface area contributed by atoms with Gasteiger partial charge in [0.2, 0.25) is 10.0 Å². The maximum Gasteiger partial charge on any atom is 0.269 e. The minimum Gasteiger partial charge on any atom is -0.315 e. The molecule has 0 spiro atoms. The Morgan fingerprint density at radius 2 is 1.95 bits per heavy atom. The number of sulfonamides is 1. The molecule has 1 aliphatic heterocycles. The van der Waals surface area contributed by atoms with Crippen LogP contribution in [0.1, 0.15) is 19.8 Å². The molecule has 8 heteroatoms. The Labute approximate surface area is 117 Å². The monoisotopic (exact) mass is 299 g/mol. The summed E-state index contributed by atoms with van der Waals surface area (Å²) in [7, 11) is -3.70. The molecule has 1 saturated heterocycles. The first kappa shape index (κ1) is 14.9. The first-order valence-electron chi connectivity index (χ1n) is 6.36. The molecule has 0 aliphatic carbocycles. The molecule has 1 fully saturated rings. The Morgan fingerprint density at radius 1 is 1.35 bits per heavy atom. The number of nitro benzene ring substituents is 1. The van der Waals surface area contributed by atoms with Gasteiger partial charge in [-0.05, 0) is 30.9 Å². The molecule has 110 valence electrons. The van der Waals surface area contributed by atoms with Crippen LogP contribution in [0, 0.1) is 16.0 Å². The molecule has 20 heavy (non-hydrogen) atoms. The summed E-state index contributed by atoms with van der Waals surface area (Å²) in [4.78, 5) is 10.1. The maximum atomic E-state index is 12.5. The van der Waals surface area contributed by atoms with E-state index in [0.717, 1.165) is 12.8 Å². The zero-order valence-corrected chi connectivity index (χ0v) is 11.9. The normalized spacial score (nSPS) is 24.5. The fourth-order valence-electron chi connectivity index (χ4n) is 2.33. The van der Waals surface area contributed by atoms with Crippen LogP contribution in [-0.2, 0) is 10.0 Å². The van der Waals surface area contributed by atoms with Crippen molar-refractivity contribution in [1.82, 2.24) is 4.31 Å². The van der Waals surface area contributed by atoms with Gasteiger partial charge in [0.05, 0.1) is 16.0 Å². The summed E-state index contributed by atoms with van der Waals surface area (Å²) in [6.07, 6.45) is 1.11. The van der Waals surface area contributed by atoms with Crippen LogP contribution >= 0.6 is 0 Å². The number of benzene rings is 1. The number of nitro groups is 1. The summed E-state index contributed by atoms with van der Waals surface area (Å²) in [6, 6.07) is 4.87. The zero-order chi connectivity index (χ0) is 14.9. The molecule has 2 unspecified atom stereocenters. The summed E-state index contributed by atoms with van der Waals surface area (Å²) >= 11 is 0. The van der Waals surface area contributed by atoms with E-state index >= 15 is 0 Å². The lowest BCUT2D eigenvalue weighted by atomic mass is 9.99. The molecule has 7 nitrogen and oxygen atoms in total. The van der Waals surface area contributed by atoms with Crippen LogP contribution in [0.2, 0.25) is 0 Å². The lowest BCUT2D eigenvalue weighted by Gasteiger charge is -2.36. The quantitative estimate of drug-likeness (QED) is 0.668.